The van der Waals surface area contributed by atoms with Crippen LogP contribution in [0, 0.1) is 5.92 Å². The lowest BCUT2D eigenvalue weighted by Gasteiger charge is -2.34. The van der Waals surface area contributed by atoms with E-state index >= 15 is 0 Å². The Labute approximate surface area is 149 Å². The number of benzene rings is 2. The van der Waals surface area contributed by atoms with Crippen molar-refractivity contribution in [2.75, 3.05) is 7.11 Å². The number of rotatable bonds is 5. The van der Waals surface area contributed by atoms with Crippen molar-refractivity contribution < 1.29 is 14.2 Å². The van der Waals surface area contributed by atoms with Crippen LogP contribution in [0.15, 0.2) is 48.5 Å². The summed E-state index contributed by atoms with van der Waals surface area (Å²) in [5.41, 5.74) is 2.56. The van der Waals surface area contributed by atoms with E-state index in [1.165, 1.54) is 30.4 Å². The summed E-state index contributed by atoms with van der Waals surface area (Å²) >= 11 is 0. The molecule has 0 N–H and O–H groups in total. The molecule has 1 aliphatic carbocycles. The summed E-state index contributed by atoms with van der Waals surface area (Å²) in [7, 11) is 1.69. The van der Waals surface area contributed by atoms with Crippen LogP contribution in [0.3, 0.4) is 0 Å². The molecule has 1 heterocycles. The average Bonchev–Trinajstić information content (AvgIpc) is 3.34. The summed E-state index contributed by atoms with van der Waals surface area (Å²) in [6.45, 7) is 2.31. The Morgan fingerprint density at radius 2 is 1.84 bits per heavy atom. The van der Waals surface area contributed by atoms with Crippen molar-refractivity contribution in [2.24, 2.45) is 5.92 Å². The van der Waals surface area contributed by atoms with Crippen LogP contribution in [0.25, 0.3) is 0 Å². The van der Waals surface area contributed by atoms with Gasteiger partial charge >= 0.3 is 0 Å². The summed E-state index contributed by atoms with van der Waals surface area (Å²) in [5.74, 6) is 2.48. The number of hydrogen-bond donors (Lipinski definition) is 0. The molecule has 1 aliphatic heterocycles. The van der Waals surface area contributed by atoms with Crippen LogP contribution in [0.2, 0.25) is 0 Å². The maximum absolute atomic E-state index is 6.30. The molecule has 132 valence electrons. The first-order valence-electron chi connectivity index (χ1n) is 9.21. The molecule has 2 aromatic rings. The van der Waals surface area contributed by atoms with Gasteiger partial charge in [-0.2, -0.15) is 0 Å². The van der Waals surface area contributed by atoms with E-state index in [0.29, 0.717) is 5.92 Å². The Bertz CT molecular complexity index is 718. The van der Waals surface area contributed by atoms with Crippen LogP contribution in [0.5, 0.6) is 11.5 Å². The summed E-state index contributed by atoms with van der Waals surface area (Å²) < 4.78 is 17.8. The Balaban J connectivity index is 1.48. The van der Waals surface area contributed by atoms with E-state index in [-0.39, 0.29) is 11.9 Å². The molecule has 2 aromatic carbocycles. The van der Waals surface area contributed by atoms with Gasteiger partial charge in [0.1, 0.15) is 11.5 Å². The molecule has 2 atom stereocenters. The molecule has 0 aromatic heterocycles. The molecule has 1 saturated carbocycles. The first kappa shape index (κ1) is 16.5. The summed E-state index contributed by atoms with van der Waals surface area (Å²) in [4.78, 5) is 0. The van der Waals surface area contributed by atoms with E-state index in [1.54, 1.807) is 7.11 Å². The molecule has 3 nitrogen and oxygen atoms in total. The van der Waals surface area contributed by atoms with Gasteiger partial charge in [0.05, 0.1) is 12.7 Å². The van der Waals surface area contributed by atoms with Gasteiger partial charge in [0.2, 0.25) is 6.29 Å². The fourth-order valence-electron chi connectivity index (χ4n) is 3.83. The van der Waals surface area contributed by atoms with E-state index < -0.39 is 0 Å². The topological polar surface area (TPSA) is 27.7 Å². The predicted octanol–water partition coefficient (Wildman–Crippen LogP) is 4.97. The van der Waals surface area contributed by atoms with Crippen LogP contribution in [0.4, 0.5) is 0 Å². The van der Waals surface area contributed by atoms with Gasteiger partial charge in [0.25, 0.3) is 0 Å². The van der Waals surface area contributed by atoms with Crippen LogP contribution >= 0.6 is 0 Å². The second-order valence-corrected chi connectivity index (χ2v) is 7.53. The minimum absolute atomic E-state index is 0.118. The van der Waals surface area contributed by atoms with Crippen LogP contribution in [0.1, 0.15) is 43.7 Å². The first-order chi connectivity index (χ1) is 12.2. The molecule has 3 heteroatoms. The lowest BCUT2D eigenvalue weighted by Crippen LogP contribution is -2.37. The van der Waals surface area contributed by atoms with Crippen molar-refractivity contribution in [2.45, 2.75) is 50.9 Å². The minimum Gasteiger partial charge on any atom is -0.497 e. The van der Waals surface area contributed by atoms with Gasteiger partial charge in [0.15, 0.2) is 0 Å². The second-order valence-electron chi connectivity index (χ2n) is 7.53. The Hall–Kier alpha value is -2.00. The molecule has 0 radical (unpaired) electrons. The third-order valence-corrected chi connectivity index (χ3v) is 5.29. The minimum atomic E-state index is -0.122. The molecule has 4 rings (SSSR count). The third kappa shape index (κ3) is 3.82. The monoisotopic (exact) mass is 338 g/mol. The molecule has 0 bridgehead atoms. The van der Waals surface area contributed by atoms with Crippen LogP contribution in [-0.2, 0) is 11.2 Å². The molecule has 1 saturated heterocycles. The summed E-state index contributed by atoms with van der Waals surface area (Å²) in [5, 5.41) is 0. The maximum atomic E-state index is 6.30. The zero-order valence-electron chi connectivity index (χ0n) is 15.0. The van der Waals surface area contributed by atoms with Gasteiger partial charge in [-0.3, -0.25) is 0 Å². The lowest BCUT2D eigenvalue weighted by atomic mass is 9.95. The average molecular weight is 338 g/mol. The van der Waals surface area contributed by atoms with Crippen LogP contribution < -0.4 is 9.47 Å². The van der Waals surface area contributed by atoms with Gasteiger partial charge < -0.3 is 14.2 Å². The van der Waals surface area contributed by atoms with E-state index in [2.05, 4.69) is 37.3 Å². The standard InChI is InChI=1S/C22H26O3/c1-16-13-21(25-22(15-16)11-12-22)24-20-6-4-3-5-18(20)14-17-7-9-19(23-2)10-8-17/h3-10,16,21H,11-15H2,1-2H3. The SMILES string of the molecule is COc1ccc(Cc2ccccc2OC2CC(C)CC3(CC3)O2)cc1. The van der Waals surface area contributed by atoms with E-state index in [0.717, 1.165) is 24.3 Å². The maximum Gasteiger partial charge on any atom is 0.200 e. The van der Waals surface area contributed by atoms with Gasteiger partial charge in [-0.25, -0.2) is 0 Å². The quantitative estimate of drug-likeness (QED) is 0.770. The highest BCUT2D eigenvalue weighted by atomic mass is 16.7. The van der Waals surface area contributed by atoms with Crippen LogP contribution in [-0.4, -0.2) is 19.0 Å². The molecule has 2 fully saturated rings. The van der Waals surface area contributed by atoms with Gasteiger partial charge in [-0.15, -0.1) is 0 Å². The Morgan fingerprint density at radius 1 is 1.08 bits per heavy atom. The molecule has 2 aliphatic rings. The second kappa shape index (κ2) is 6.72. The fourth-order valence-corrected chi connectivity index (χ4v) is 3.83. The molecular weight excluding hydrogens is 312 g/mol. The number of ether oxygens (including phenoxy) is 3. The van der Waals surface area contributed by atoms with Crippen molar-refractivity contribution in [3.8, 4) is 11.5 Å². The third-order valence-electron chi connectivity index (χ3n) is 5.29. The number of hydrogen-bond acceptors (Lipinski definition) is 3. The zero-order valence-corrected chi connectivity index (χ0v) is 15.0. The smallest absolute Gasteiger partial charge is 0.200 e. The van der Waals surface area contributed by atoms with Crippen molar-refractivity contribution >= 4 is 0 Å². The first-order valence-corrected chi connectivity index (χ1v) is 9.21. The fraction of sp³-hybridized carbons (Fsp3) is 0.455. The normalized spacial score (nSPS) is 24.1. The van der Waals surface area contributed by atoms with Crippen molar-refractivity contribution in [3.63, 3.8) is 0 Å². The number of para-hydroxylation sites is 1. The molecule has 0 amide bonds. The Kier molecular flexibility index (Phi) is 4.43. The zero-order chi connectivity index (χ0) is 17.3. The molecule has 25 heavy (non-hydrogen) atoms. The van der Waals surface area contributed by atoms with Gasteiger partial charge in [-0.05, 0) is 54.5 Å². The number of methoxy groups -OCH3 is 1. The van der Waals surface area contributed by atoms with Crippen molar-refractivity contribution in [1.82, 2.24) is 0 Å². The van der Waals surface area contributed by atoms with E-state index in [4.69, 9.17) is 14.2 Å². The van der Waals surface area contributed by atoms with E-state index in [9.17, 15) is 0 Å². The molecule has 1 spiro atoms. The highest BCUT2D eigenvalue weighted by Crippen LogP contribution is 2.50. The summed E-state index contributed by atoms with van der Waals surface area (Å²) in [6, 6.07) is 16.5. The largest absolute Gasteiger partial charge is 0.497 e. The van der Waals surface area contributed by atoms with Gasteiger partial charge in [0, 0.05) is 12.8 Å². The van der Waals surface area contributed by atoms with Gasteiger partial charge in [-0.1, -0.05) is 37.3 Å². The van der Waals surface area contributed by atoms with Crippen molar-refractivity contribution in [3.05, 3.63) is 59.7 Å². The molecular formula is C22H26O3. The molecule has 2 unspecified atom stereocenters. The summed E-state index contributed by atoms with van der Waals surface area (Å²) in [6.07, 6.45) is 5.24. The lowest BCUT2D eigenvalue weighted by molar-refractivity contribution is -0.173. The highest BCUT2D eigenvalue weighted by Gasteiger charge is 2.50. The highest BCUT2D eigenvalue weighted by molar-refractivity contribution is 5.39. The predicted molar refractivity (Wildman–Crippen MR) is 98.1 cm³/mol. The van der Waals surface area contributed by atoms with Crippen molar-refractivity contribution in [1.29, 1.82) is 0 Å². The Morgan fingerprint density at radius 3 is 2.56 bits per heavy atom. The van der Waals surface area contributed by atoms with E-state index in [1.807, 2.05) is 18.2 Å².